The van der Waals surface area contributed by atoms with Crippen molar-refractivity contribution in [2.24, 2.45) is 4.99 Å². The molecule has 0 atom stereocenters. The van der Waals surface area contributed by atoms with Crippen molar-refractivity contribution in [3.63, 3.8) is 0 Å². The van der Waals surface area contributed by atoms with Gasteiger partial charge in [0.25, 0.3) is 0 Å². The van der Waals surface area contributed by atoms with E-state index in [0.717, 1.165) is 29.3 Å². The maximum absolute atomic E-state index is 13.0. The lowest BCUT2D eigenvalue weighted by Crippen LogP contribution is -2.37. The van der Waals surface area contributed by atoms with Gasteiger partial charge in [-0.15, -0.1) is 24.0 Å². The topological polar surface area (TPSA) is 54.2 Å². The summed E-state index contributed by atoms with van der Waals surface area (Å²) in [6.45, 7) is 3.90. The van der Waals surface area contributed by atoms with Crippen molar-refractivity contribution >= 4 is 29.9 Å². The van der Waals surface area contributed by atoms with E-state index in [4.69, 9.17) is 0 Å². The molecule has 0 bridgehead atoms. The lowest BCUT2D eigenvalue weighted by atomic mass is 10.1. The summed E-state index contributed by atoms with van der Waals surface area (Å²) >= 11 is 0. The lowest BCUT2D eigenvalue weighted by Gasteiger charge is -2.14. The molecule has 0 amide bonds. The van der Waals surface area contributed by atoms with Crippen LogP contribution >= 0.6 is 24.0 Å². The Hall–Kier alpha value is -2.42. The zero-order valence-corrected chi connectivity index (χ0v) is 17.4. The molecule has 0 unspecified atom stereocenters. The molecule has 27 heavy (non-hydrogen) atoms. The lowest BCUT2D eigenvalue weighted by molar-refractivity contribution is 0.627. The summed E-state index contributed by atoms with van der Waals surface area (Å²) in [5.74, 6) is 0.483. The van der Waals surface area contributed by atoms with Crippen LogP contribution in [0.5, 0.6) is 0 Å². The minimum absolute atomic E-state index is 0. The Morgan fingerprint density at radius 1 is 1.11 bits per heavy atom. The minimum Gasteiger partial charge on any atom is -0.357 e. The van der Waals surface area contributed by atoms with Gasteiger partial charge in [-0.25, -0.2) is 14.4 Å². The van der Waals surface area contributed by atoms with Gasteiger partial charge in [0.2, 0.25) is 0 Å². The van der Waals surface area contributed by atoms with Crippen molar-refractivity contribution in [2.45, 2.75) is 20.0 Å². The van der Waals surface area contributed by atoms with Gasteiger partial charge in [-0.2, -0.15) is 0 Å². The fraction of sp³-hybridized carbons (Fsp3) is 0.200. The first kappa shape index (κ1) is 20.9. The van der Waals surface area contributed by atoms with E-state index in [1.807, 2.05) is 29.8 Å². The predicted molar refractivity (Wildman–Crippen MR) is 117 cm³/mol. The Kier molecular flexibility index (Phi) is 8.25. The van der Waals surface area contributed by atoms with E-state index >= 15 is 0 Å². The summed E-state index contributed by atoms with van der Waals surface area (Å²) in [4.78, 5) is 8.69. The van der Waals surface area contributed by atoms with Crippen LogP contribution in [0.25, 0.3) is 5.69 Å². The summed E-state index contributed by atoms with van der Waals surface area (Å²) in [6, 6.07) is 14.5. The van der Waals surface area contributed by atoms with Crippen molar-refractivity contribution in [1.29, 1.82) is 0 Å². The van der Waals surface area contributed by atoms with E-state index < -0.39 is 0 Å². The van der Waals surface area contributed by atoms with Crippen molar-refractivity contribution in [3.05, 3.63) is 84.2 Å². The first-order chi connectivity index (χ1) is 12.8. The van der Waals surface area contributed by atoms with Crippen LogP contribution in [-0.4, -0.2) is 22.1 Å². The molecule has 0 aliphatic heterocycles. The number of aliphatic imine (C=N–C) groups is 1. The van der Waals surface area contributed by atoms with E-state index in [9.17, 15) is 4.39 Å². The highest BCUT2D eigenvalue weighted by atomic mass is 127. The SMILES string of the molecule is CCNC(=NCc1ccc(F)cc1)NCc1ccccc1-n1ccnc1.I. The molecule has 0 fully saturated rings. The van der Waals surface area contributed by atoms with E-state index in [1.165, 1.54) is 12.1 Å². The van der Waals surface area contributed by atoms with Crippen LogP contribution in [0.4, 0.5) is 4.39 Å². The molecule has 0 aliphatic rings. The average Bonchev–Trinajstić information content (AvgIpc) is 3.20. The van der Waals surface area contributed by atoms with E-state index in [1.54, 1.807) is 24.7 Å². The zero-order chi connectivity index (χ0) is 18.2. The summed E-state index contributed by atoms with van der Waals surface area (Å²) in [7, 11) is 0. The highest BCUT2D eigenvalue weighted by molar-refractivity contribution is 14.0. The number of guanidine groups is 1. The first-order valence-corrected chi connectivity index (χ1v) is 8.59. The molecule has 7 heteroatoms. The molecule has 3 rings (SSSR count). The van der Waals surface area contributed by atoms with Gasteiger partial charge in [-0.1, -0.05) is 30.3 Å². The Morgan fingerprint density at radius 3 is 2.59 bits per heavy atom. The molecule has 0 radical (unpaired) electrons. The molecular weight excluding hydrogens is 456 g/mol. The summed E-state index contributed by atoms with van der Waals surface area (Å²) in [5, 5.41) is 6.59. The van der Waals surface area contributed by atoms with Gasteiger partial charge in [-0.3, -0.25) is 0 Å². The molecule has 0 spiro atoms. The minimum atomic E-state index is -0.237. The third-order valence-electron chi connectivity index (χ3n) is 3.90. The molecule has 0 saturated heterocycles. The standard InChI is InChI=1S/C20H22FN5.HI/c1-2-23-20(24-13-16-7-9-18(21)10-8-16)25-14-17-5-3-4-6-19(17)26-12-11-22-15-26;/h3-12,15H,2,13-14H2,1H3,(H2,23,24,25);1H. The maximum Gasteiger partial charge on any atom is 0.191 e. The molecule has 1 aromatic heterocycles. The second-order valence-corrected chi connectivity index (χ2v) is 5.77. The monoisotopic (exact) mass is 479 g/mol. The van der Waals surface area contributed by atoms with Crippen LogP contribution < -0.4 is 10.6 Å². The number of para-hydroxylation sites is 1. The van der Waals surface area contributed by atoms with Gasteiger partial charge < -0.3 is 15.2 Å². The third-order valence-corrected chi connectivity index (χ3v) is 3.90. The molecule has 5 nitrogen and oxygen atoms in total. The number of imidazole rings is 1. The molecule has 0 saturated carbocycles. The smallest absolute Gasteiger partial charge is 0.191 e. The number of nitrogens with zero attached hydrogens (tertiary/aromatic N) is 3. The fourth-order valence-corrected chi connectivity index (χ4v) is 2.59. The molecule has 1 heterocycles. The van der Waals surface area contributed by atoms with E-state index in [0.29, 0.717) is 13.1 Å². The summed E-state index contributed by atoms with van der Waals surface area (Å²) in [6.07, 6.45) is 5.47. The number of benzene rings is 2. The predicted octanol–water partition coefficient (Wildman–Crippen LogP) is 3.88. The van der Waals surface area contributed by atoms with Crippen LogP contribution in [0.15, 0.2) is 72.2 Å². The van der Waals surface area contributed by atoms with Crippen LogP contribution in [0.2, 0.25) is 0 Å². The van der Waals surface area contributed by atoms with Crippen molar-refractivity contribution in [3.8, 4) is 5.69 Å². The summed E-state index contributed by atoms with van der Waals surface area (Å²) < 4.78 is 15.0. The second kappa shape index (κ2) is 10.7. The number of rotatable bonds is 6. The Bertz CT molecular complexity index is 847. The molecule has 2 aromatic carbocycles. The third kappa shape index (κ3) is 6.06. The highest BCUT2D eigenvalue weighted by Crippen LogP contribution is 2.13. The van der Waals surface area contributed by atoms with Gasteiger partial charge >= 0.3 is 0 Å². The second-order valence-electron chi connectivity index (χ2n) is 5.77. The number of nitrogens with one attached hydrogen (secondary N) is 2. The number of hydrogen-bond acceptors (Lipinski definition) is 2. The largest absolute Gasteiger partial charge is 0.357 e. The van der Waals surface area contributed by atoms with Gasteiger partial charge in [0.1, 0.15) is 5.82 Å². The summed E-state index contributed by atoms with van der Waals surface area (Å²) in [5.41, 5.74) is 3.17. The number of hydrogen-bond donors (Lipinski definition) is 2. The van der Waals surface area contributed by atoms with E-state index in [2.05, 4.69) is 32.7 Å². The van der Waals surface area contributed by atoms with Crippen molar-refractivity contribution in [1.82, 2.24) is 20.2 Å². The van der Waals surface area contributed by atoms with Gasteiger partial charge in [0.15, 0.2) is 5.96 Å². The quantitative estimate of drug-likeness (QED) is 0.321. The molecule has 2 N–H and O–H groups in total. The molecular formula is C20H23FIN5. The molecule has 0 aliphatic carbocycles. The van der Waals surface area contributed by atoms with E-state index in [-0.39, 0.29) is 29.8 Å². The Morgan fingerprint density at radius 2 is 1.89 bits per heavy atom. The molecule has 3 aromatic rings. The van der Waals surface area contributed by atoms with Crippen molar-refractivity contribution in [2.75, 3.05) is 6.54 Å². The van der Waals surface area contributed by atoms with Crippen LogP contribution in [0.1, 0.15) is 18.1 Å². The Balaban J connectivity index is 0.00000261. The van der Waals surface area contributed by atoms with Gasteiger partial charge in [0, 0.05) is 25.5 Å². The average molecular weight is 479 g/mol. The Labute approximate surface area is 175 Å². The van der Waals surface area contributed by atoms with Crippen LogP contribution in [0.3, 0.4) is 0 Å². The zero-order valence-electron chi connectivity index (χ0n) is 15.1. The number of aromatic nitrogens is 2. The van der Waals surface area contributed by atoms with Gasteiger partial charge in [0.05, 0.1) is 18.6 Å². The number of halogens is 2. The van der Waals surface area contributed by atoms with Crippen LogP contribution in [-0.2, 0) is 13.1 Å². The normalized spacial score (nSPS) is 11.0. The van der Waals surface area contributed by atoms with Crippen molar-refractivity contribution < 1.29 is 4.39 Å². The van der Waals surface area contributed by atoms with Gasteiger partial charge in [-0.05, 0) is 36.2 Å². The first-order valence-electron chi connectivity index (χ1n) is 8.59. The molecule has 142 valence electrons. The van der Waals surface area contributed by atoms with Crippen LogP contribution in [0, 0.1) is 5.82 Å². The maximum atomic E-state index is 13.0. The highest BCUT2D eigenvalue weighted by Gasteiger charge is 2.05. The fourth-order valence-electron chi connectivity index (χ4n) is 2.59.